The predicted octanol–water partition coefficient (Wildman–Crippen LogP) is 7.57. The number of aliphatic hydroxyl groups excluding tert-OH is 1. The number of ether oxygens (including phenoxy) is 1. The molecular weight excluding hydrogens is 432 g/mol. The molecule has 0 saturated heterocycles. The van der Waals surface area contributed by atoms with E-state index in [1.54, 1.807) is 6.92 Å². The molecule has 1 N–H and O–H groups in total. The van der Waals surface area contributed by atoms with Crippen LogP contribution in [0.1, 0.15) is 113 Å². The first-order chi connectivity index (χ1) is 16.2. The number of esters is 1. The van der Waals surface area contributed by atoms with Gasteiger partial charge in [-0.25, -0.2) is 0 Å². The fourth-order valence-corrected chi connectivity index (χ4v) is 11.8. The molecule has 5 fully saturated rings. The zero-order chi connectivity index (χ0) is 25.6. The lowest BCUT2D eigenvalue weighted by Crippen LogP contribution is -2.66. The minimum atomic E-state index is -0.164. The quantitative estimate of drug-likeness (QED) is 0.332. The molecule has 3 heteroatoms. The number of rotatable bonds is 3. The lowest BCUT2D eigenvalue weighted by atomic mass is 9.32. The topological polar surface area (TPSA) is 46.5 Å². The van der Waals surface area contributed by atoms with Crippen LogP contribution in [0.4, 0.5) is 0 Å². The minimum absolute atomic E-state index is 0.00826. The molecule has 5 saturated carbocycles. The third-order valence-corrected chi connectivity index (χ3v) is 13.8. The highest BCUT2D eigenvalue weighted by Gasteiger charge is 2.70. The summed E-state index contributed by atoms with van der Waals surface area (Å²) in [7, 11) is 0. The molecule has 0 aromatic heterocycles. The fraction of sp³-hybridized carbons (Fsp3) is 0.906. The van der Waals surface area contributed by atoms with Gasteiger partial charge < -0.3 is 9.84 Å². The lowest BCUT2D eigenvalue weighted by molar-refractivity contribution is -0.249. The van der Waals surface area contributed by atoms with Crippen LogP contribution >= 0.6 is 0 Å². The van der Waals surface area contributed by atoms with E-state index in [4.69, 9.17) is 4.74 Å². The summed E-state index contributed by atoms with van der Waals surface area (Å²) in [5, 5.41) is 10.9. The van der Waals surface area contributed by atoms with E-state index in [2.05, 4.69) is 48.1 Å². The summed E-state index contributed by atoms with van der Waals surface area (Å²) in [4.78, 5) is 11.9. The van der Waals surface area contributed by atoms with Crippen LogP contribution in [-0.2, 0) is 9.53 Å². The number of carbonyl (C=O) groups is 1. The SMILES string of the molecule is C=C(C)[C@H]1CC[C@]2(COC(C)=O)CC[C@]3(C)[C@H](CC[C@@H]4[C@@]5(C)CC[C@H](O)C(C)(C)[C@@H]5CC[C@]43C)[C@@H]12. The van der Waals surface area contributed by atoms with E-state index < -0.39 is 0 Å². The molecule has 5 aliphatic rings. The average molecular weight is 485 g/mol. The van der Waals surface area contributed by atoms with Crippen molar-refractivity contribution in [3.63, 3.8) is 0 Å². The molecule has 5 rings (SSSR count). The molecule has 0 aromatic carbocycles. The smallest absolute Gasteiger partial charge is 0.302 e. The Hall–Kier alpha value is -0.830. The van der Waals surface area contributed by atoms with Crippen LogP contribution in [-0.4, -0.2) is 23.8 Å². The van der Waals surface area contributed by atoms with E-state index in [1.165, 1.54) is 63.4 Å². The van der Waals surface area contributed by atoms with E-state index in [0.29, 0.717) is 46.5 Å². The van der Waals surface area contributed by atoms with Crippen LogP contribution < -0.4 is 0 Å². The van der Waals surface area contributed by atoms with Crippen molar-refractivity contribution in [3.8, 4) is 0 Å². The summed E-state index contributed by atoms with van der Waals surface area (Å²) < 4.78 is 5.79. The van der Waals surface area contributed by atoms with Crippen molar-refractivity contribution < 1.29 is 14.6 Å². The lowest BCUT2D eigenvalue weighted by Gasteiger charge is -2.73. The molecule has 0 amide bonds. The van der Waals surface area contributed by atoms with Crippen LogP contribution in [0.2, 0.25) is 0 Å². The van der Waals surface area contributed by atoms with Crippen molar-refractivity contribution >= 4 is 5.97 Å². The number of fused-ring (bicyclic) bond motifs is 7. The summed E-state index contributed by atoms with van der Waals surface area (Å²) in [5.41, 5.74) is 2.45. The van der Waals surface area contributed by atoms with Crippen molar-refractivity contribution in [2.45, 2.75) is 119 Å². The second-order valence-corrected chi connectivity index (χ2v) is 15.2. The van der Waals surface area contributed by atoms with Crippen LogP contribution in [0.5, 0.6) is 0 Å². The van der Waals surface area contributed by atoms with Crippen molar-refractivity contribution in [2.24, 2.45) is 56.7 Å². The Balaban J connectivity index is 1.53. The third-order valence-electron chi connectivity index (χ3n) is 13.8. The van der Waals surface area contributed by atoms with E-state index in [0.717, 1.165) is 12.3 Å². The van der Waals surface area contributed by atoms with Gasteiger partial charge in [-0.15, -0.1) is 0 Å². The first kappa shape index (κ1) is 25.8. The number of hydrogen-bond acceptors (Lipinski definition) is 3. The van der Waals surface area contributed by atoms with Gasteiger partial charge in [-0.3, -0.25) is 4.79 Å². The largest absolute Gasteiger partial charge is 0.465 e. The Labute approximate surface area is 214 Å². The third kappa shape index (κ3) is 3.34. The van der Waals surface area contributed by atoms with Crippen molar-refractivity contribution in [1.82, 2.24) is 0 Å². The Morgan fingerprint density at radius 1 is 0.857 bits per heavy atom. The Kier molecular flexibility index (Phi) is 5.96. The standard InChI is InChI=1S/C32H52O3/c1-20(2)22-11-16-32(19-35-21(3)33)18-17-30(7)23(27(22)32)9-10-25-29(6)14-13-26(34)28(4,5)24(29)12-15-31(25,30)8/h22-27,34H,1,9-19H2,2-8H3/t22-,23-,24+,25-,26+,27-,29+,30-,31-,32-/m1/s1. The molecule has 0 aliphatic heterocycles. The zero-order valence-electron chi connectivity index (χ0n) is 23.7. The first-order valence-corrected chi connectivity index (χ1v) is 14.7. The summed E-state index contributed by atoms with van der Waals surface area (Å²) in [6, 6.07) is 0. The molecule has 35 heavy (non-hydrogen) atoms. The van der Waals surface area contributed by atoms with Gasteiger partial charge in [-0.1, -0.05) is 46.8 Å². The Bertz CT molecular complexity index is 891. The zero-order valence-corrected chi connectivity index (χ0v) is 23.7. The molecule has 0 heterocycles. The van der Waals surface area contributed by atoms with Gasteiger partial charge in [0, 0.05) is 12.3 Å². The molecule has 0 unspecified atom stereocenters. The second-order valence-electron chi connectivity index (χ2n) is 15.2. The molecule has 10 atom stereocenters. The predicted molar refractivity (Wildman–Crippen MR) is 142 cm³/mol. The number of aliphatic hydroxyl groups is 1. The van der Waals surface area contributed by atoms with Crippen LogP contribution in [0, 0.1) is 56.7 Å². The summed E-state index contributed by atoms with van der Waals surface area (Å²) in [6.07, 6.45) is 12.0. The van der Waals surface area contributed by atoms with Crippen LogP contribution in [0.25, 0.3) is 0 Å². The van der Waals surface area contributed by atoms with Gasteiger partial charge >= 0.3 is 5.97 Å². The molecular formula is C32H52O3. The highest BCUT2D eigenvalue weighted by molar-refractivity contribution is 5.65. The maximum absolute atomic E-state index is 11.9. The Morgan fingerprint density at radius 2 is 1.57 bits per heavy atom. The Morgan fingerprint density at radius 3 is 2.23 bits per heavy atom. The van der Waals surface area contributed by atoms with Crippen molar-refractivity contribution in [1.29, 1.82) is 0 Å². The second kappa shape index (κ2) is 8.08. The summed E-state index contributed by atoms with van der Waals surface area (Å²) in [6.45, 7) is 21.5. The molecule has 198 valence electrons. The van der Waals surface area contributed by atoms with Gasteiger partial charge in [0.05, 0.1) is 12.7 Å². The van der Waals surface area contributed by atoms with Gasteiger partial charge in [-0.2, -0.15) is 0 Å². The van der Waals surface area contributed by atoms with Crippen molar-refractivity contribution in [3.05, 3.63) is 12.2 Å². The molecule has 3 nitrogen and oxygen atoms in total. The number of hydrogen-bond donors (Lipinski definition) is 1. The van der Waals surface area contributed by atoms with E-state index in [9.17, 15) is 9.90 Å². The van der Waals surface area contributed by atoms with E-state index >= 15 is 0 Å². The minimum Gasteiger partial charge on any atom is -0.465 e. The monoisotopic (exact) mass is 484 g/mol. The number of carbonyl (C=O) groups excluding carboxylic acids is 1. The average Bonchev–Trinajstić information content (AvgIpc) is 3.16. The fourth-order valence-electron chi connectivity index (χ4n) is 11.8. The maximum Gasteiger partial charge on any atom is 0.302 e. The van der Waals surface area contributed by atoms with E-state index in [-0.39, 0.29) is 22.9 Å². The summed E-state index contributed by atoms with van der Waals surface area (Å²) >= 11 is 0. The molecule has 5 aliphatic carbocycles. The van der Waals surface area contributed by atoms with Crippen LogP contribution in [0.3, 0.4) is 0 Å². The maximum atomic E-state index is 11.9. The summed E-state index contributed by atoms with van der Waals surface area (Å²) in [5.74, 6) is 3.04. The van der Waals surface area contributed by atoms with Gasteiger partial charge in [-0.05, 0) is 122 Å². The van der Waals surface area contributed by atoms with Crippen molar-refractivity contribution in [2.75, 3.05) is 6.61 Å². The van der Waals surface area contributed by atoms with Gasteiger partial charge in [0.1, 0.15) is 0 Å². The molecule has 0 aromatic rings. The highest BCUT2D eigenvalue weighted by Crippen LogP contribution is 2.77. The molecule has 0 bridgehead atoms. The van der Waals surface area contributed by atoms with E-state index in [1.807, 2.05) is 0 Å². The van der Waals surface area contributed by atoms with Gasteiger partial charge in [0.15, 0.2) is 0 Å². The van der Waals surface area contributed by atoms with Gasteiger partial charge in [0.25, 0.3) is 0 Å². The number of allylic oxidation sites excluding steroid dienone is 1. The molecule has 0 radical (unpaired) electrons. The highest BCUT2D eigenvalue weighted by atomic mass is 16.5. The van der Waals surface area contributed by atoms with Gasteiger partial charge in [0.2, 0.25) is 0 Å². The van der Waals surface area contributed by atoms with Crippen LogP contribution in [0.15, 0.2) is 12.2 Å². The normalized spacial score (nSPS) is 52.5. The molecule has 0 spiro atoms. The first-order valence-electron chi connectivity index (χ1n) is 14.7.